The van der Waals surface area contributed by atoms with Crippen molar-refractivity contribution in [3.05, 3.63) is 71.9 Å². The Labute approximate surface area is 156 Å². The van der Waals surface area contributed by atoms with Crippen molar-refractivity contribution in [2.24, 2.45) is 5.92 Å². The summed E-state index contributed by atoms with van der Waals surface area (Å²) in [5.41, 5.74) is 6.18. The van der Waals surface area contributed by atoms with Crippen molar-refractivity contribution in [2.45, 2.75) is 12.8 Å². The van der Waals surface area contributed by atoms with Gasteiger partial charge in [0.1, 0.15) is 11.4 Å². The maximum atomic E-state index is 12.2. The van der Waals surface area contributed by atoms with Crippen LogP contribution in [0.1, 0.15) is 33.7 Å². The van der Waals surface area contributed by atoms with Gasteiger partial charge < -0.3 is 4.74 Å². The Morgan fingerprint density at radius 3 is 2.44 bits per heavy atom. The van der Waals surface area contributed by atoms with Gasteiger partial charge in [0.2, 0.25) is 0 Å². The van der Waals surface area contributed by atoms with Crippen LogP contribution in [0.15, 0.2) is 60.7 Å². The molecule has 0 unspecified atom stereocenters. The summed E-state index contributed by atoms with van der Waals surface area (Å²) < 4.78 is 5.65. The van der Waals surface area contributed by atoms with Gasteiger partial charge in [0.05, 0.1) is 12.1 Å². The molecule has 3 aromatic rings. The number of carbonyl (C=O) groups excluding carboxylic acids is 2. The molecule has 0 bridgehead atoms. The first kappa shape index (κ1) is 17.0. The highest BCUT2D eigenvalue weighted by molar-refractivity contribution is 5.99. The summed E-state index contributed by atoms with van der Waals surface area (Å²) >= 11 is 0. The molecule has 0 atom stereocenters. The zero-order chi connectivity index (χ0) is 18.6. The molecule has 1 saturated carbocycles. The average molecular weight is 361 g/mol. The number of nitrogens with zero attached hydrogens (tertiary/aromatic N) is 1. The minimum atomic E-state index is -0.474. The number of ether oxygens (including phenoxy) is 1. The quantitative estimate of drug-likeness (QED) is 0.685. The maximum absolute atomic E-state index is 12.2. The standard InChI is InChI=1S/C21H19N3O3/c25-20(16-7-10-17(11-8-16)27-13-14-5-6-14)23-24-21(26)19-12-9-15-3-1-2-4-18(15)22-19/h1-4,7-12,14H,5-6,13H2,(H,23,25)(H,24,26). The molecule has 1 aliphatic carbocycles. The molecule has 0 saturated heterocycles. The smallest absolute Gasteiger partial charge is 0.288 e. The van der Waals surface area contributed by atoms with Crippen LogP contribution in [0.25, 0.3) is 10.9 Å². The Balaban J connectivity index is 1.33. The molecule has 1 fully saturated rings. The third-order valence-corrected chi connectivity index (χ3v) is 4.42. The lowest BCUT2D eigenvalue weighted by Crippen LogP contribution is -2.41. The number of para-hydroxylation sites is 1. The van der Waals surface area contributed by atoms with Crippen LogP contribution in [-0.2, 0) is 0 Å². The van der Waals surface area contributed by atoms with Crippen LogP contribution in [0.5, 0.6) is 5.75 Å². The number of pyridine rings is 1. The molecule has 6 heteroatoms. The molecular weight excluding hydrogens is 342 g/mol. The predicted octanol–water partition coefficient (Wildman–Crippen LogP) is 3.10. The second kappa shape index (κ2) is 7.45. The molecule has 1 aromatic heterocycles. The third kappa shape index (κ3) is 4.23. The number of amides is 2. The van der Waals surface area contributed by atoms with Crippen LogP contribution >= 0.6 is 0 Å². The summed E-state index contributed by atoms with van der Waals surface area (Å²) in [6, 6.07) is 17.8. The van der Waals surface area contributed by atoms with E-state index in [-0.39, 0.29) is 5.69 Å². The highest BCUT2D eigenvalue weighted by atomic mass is 16.5. The van der Waals surface area contributed by atoms with Crippen molar-refractivity contribution in [3.63, 3.8) is 0 Å². The fourth-order valence-corrected chi connectivity index (χ4v) is 2.64. The topological polar surface area (TPSA) is 80.3 Å². The maximum Gasteiger partial charge on any atom is 0.288 e. The normalized spacial score (nSPS) is 13.2. The molecule has 27 heavy (non-hydrogen) atoms. The van der Waals surface area contributed by atoms with Gasteiger partial charge in [0.25, 0.3) is 11.8 Å². The number of aromatic nitrogens is 1. The van der Waals surface area contributed by atoms with Crippen LogP contribution < -0.4 is 15.6 Å². The highest BCUT2D eigenvalue weighted by Crippen LogP contribution is 2.29. The van der Waals surface area contributed by atoms with E-state index in [0.29, 0.717) is 11.5 Å². The molecule has 2 amide bonds. The molecule has 4 rings (SSSR count). The first-order chi connectivity index (χ1) is 13.2. The van der Waals surface area contributed by atoms with Gasteiger partial charge in [-0.15, -0.1) is 0 Å². The van der Waals surface area contributed by atoms with E-state index in [0.717, 1.165) is 23.3 Å². The van der Waals surface area contributed by atoms with E-state index >= 15 is 0 Å². The minimum absolute atomic E-state index is 0.234. The molecule has 2 aromatic carbocycles. The first-order valence-electron chi connectivity index (χ1n) is 8.88. The zero-order valence-corrected chi connectivity index (χ0v) is 14.6. The van der Waals surface area contributed by atoms with Gasteiger partial charge in [0.15, 0.2) is 0 Å². The fourth-order valence-electron chi connectivity index (χ4n) is 2.64. The van der Waals surface area contributed by atoms with E-state index < -0.39 is 11.8 Å². The molecular formula is C21H19N3O3. The monoisotopic (exact) mass is 361 g/mol. The van der Waals surface area contributed by atoms with Crippen molar-refractivity contribution in [1.29, 1.82) is 0 Å². The number of rotatable bonds is 5. The van der Waals surface area contributed by atoms with Crippen molar-refractivity contribution < 1.29 is 14.3 Å². The number of nitrogens with one attached hydrogen (secondary N) is 2. The Kier molecular flexibility index (Phi) is 4.70. The Bertz CT molecular complexity index is 981. The van der Waals surface area contributed by atoms with Gasteiger partial charge in [-0.3, -0.25) is 20.4 Å². The number of carbonyl (C=O) groups is 2. The van der Waals surface area contributed by atoms with Crippen LogP contribution in [0, 0.1) is 5.92 Å². The first-order valence-corrected chi connectivity index (χ1v) is 8.88. The second-order valence-electron chi connectivity index (χ2n) is 6.58. The average Bonchev–Trinajstić information content (AvgIpc) is 3.55. The van der Waals surface area contributed by atoms with Gasteiger partial charge in [-0.25, -0.2) is 4.98 Å². The SMILES string of the molecule is O=C(NNC(=O)c1ccc2ccccc2n1)c1ccc(OCC2CC2)cc1. The van der Waals surface area contributed by atoms with Crippen LogP contribution in [0.4, 0.5) is 0 Å². The van der Waals surface area contributed by atoms with Crippen LogP contribution in [-0.4, -0.2) is 23.4 Å². The number of benzene rings is 2. The van der Waals surface area contributed by atoms with Gasteiger partial charge in [0, 0.05) is 10.9 Å². The molecule has 1 heterocycles. The summed E-state index contributed by atoms with van der Waals surface area (Å²) in [5, 5.41) is 0.946. The zero-order valence-electron chi connectivity index (χ0n) is 14.6. The molecule has 1 aliphatic rings. The van der Waals surface area contributed by atoms with Crippen LogP contribution in [0.3, 0.4) is 0 Å². The number of fused-ring (bicyclic) bond motifs is 1. The lowest BCUT2D eigenvalue weighted by atomic mass is 10.2. The van der Waals surface area contributed by atoms with Gasteiger partial charge in [-0.05, 0) is 55.2 Å². The highest BCUT2D eigenvalue weighted by Gasteiger charge is 2.21. The van der Waals surface area contributed by atoms with Crippen molar-refractivity contribution in [2.75, 3.05) is 6.61 Å². The summed E-state index contributed by atoms with van der Waals surface area (Å²) in [4.78, 5) is 28.7. The summed E-state index contributed by atoms with van der Waals surface area (Å²) in [5.74, 6) is 0.533. The molecule has 2 N–H and O–H groups in total. The van der Waals surface area contributed by atoms with E-state index in [4.69, 9.17) is 4.74 Å². The van der Waals surface area contributed by atoms with E-state index in [9.17, 15) is 9.59 Å². The van der Waals surface area contributed by atoms with Gasteiger partial charge in [-0.2, -0.15) is 0 Å². The molecule has 6 nitrogen and oxygen atoms in total. The Morgan fingerprint density at radius 1 is 0.926 bits per heavy atom. The number of hydrogen-bond donors (Lipinski definition) is 2. The number of hydrazine groups is 1. The Morgan fingerprint density at radius 2 is 1.67 bits per heavy atom. The lowest BCUT2D eigenvalue weighted by Gasteiger charge is -2.09. The van der Waals surface area contributed by atoms with Crippen molar-refractivity contribution in [3.8, 4) is 5.75 Å². The Hall–Kier alpha value is -3.41. The third-order valence-electron chi connectivity index (χ3n) is 4.42. The molecule has 136 valence electrons. The van der Waals surface area contributed by atoms with E-state index in [1.165, 1.54) is 12.8 Å². The predicted molar refractivity (Wildman–Crippen MR) is 101 cm³/mol. The molecule has 0 radical (unpaired) electrons. The summed E-state index contributed by atoms with van der Waals surface area (Å²) in [6.07, 6.45) is 2.46. The van der Waals surface area contributed by atoms with E-state index in [1.807, 2.05) is 30.3 Å². The van der Waals surface area contributed by atoms with Crippen LogP contribution in [0.2, 0.25) is 0 Å². The molecule has 0 spiro atoms. The van der Waals surface area contributed by atoms with E-state index in [2.05, 4.69) is 15.8 Å². The van der Waals surface area contributed by atoms with E-state index in [1.54, 1.807) is 30.3 Å². The number of hydrogen-bond acceptors (Lipinski definition) is 4. The van der Waals surface area contributed by atoms with Gasteiger partial charge in [-0.1, -0.05) is 24.3 Å². The molecule has 0 aliphatic heterocycles. The fraction of sp³-hybridized carbons (Fsp3) is 0.190. The minimum Gasteiger partial charge on any atom is -0.493 e. The summed E-state index contributed by atoms with van der Waals surface area (Å²) in [7, 11) is 0. The van der Waals surface area contributed by atoms with Gasteiger partial charge >= 0.3 is 0 Å². The summed E-state index contributed by atoms with van der Waals surface area (Å²) in [6.45, 7) is 0.723. The van der Waals surface area contributed by atoms with Crippen molar-refractivity contribution >= 4 is 22.7 Å². The van der Waals surface area contributed by atoms with Crippen molar-refractivity contribution in [1.82, 2.24) is 15.8 Å². The second-order valence-corrected chi connectivity index (χ2v) is 6.58. The largest absolute Gasteiger partial charge is 0.493 e. The lowest BCUT2D eigenvalue weighted by molar-refractivity contribution is 0.0844.